The van der Waals surface area contributed by atoms with Crippen LogP contribution in [0.4, 0.5) is 11.6 Å². The molecule has 0 saturated heterocycles. The molecule has 3 rings (SSSR count). The van der Waals surface area contributed by atoms with Crippen molar-refractivity contribution in [2.75, 3.05) is 32.5 Å². The van der Waals surface area contributed by atoms with E-state index in [4.69, 9.17) is 16.0 Å². The quantitative estimate of drug-likeness (QED) is 0.138. The Morgan fingerprint density at radius 1 is 1.13 bits per heavy atom. The maximum atomic E-state index is 10.8. The van der Waals surface area contributed by atoms with Gasteiger partial charge in [0.2, 0.25) is 0 Å². The van der Waals surface area contributed by atoms with E-state index in [2.05, 4.69) is 31.5 Å². The molecule has 0 aliphatic carbocycles. The first-order chi connectivity index (χ1) is 14.3. The highest BCUT2D eigenvalue weighted by atomic mass is 79.9. The number of halogens is 2. The molecule has 1 N–H and O–H groups in total. The standard InChI is InChI=1S/C22H25ClN3O3S.BrH/c1-26(2,16-18-10-12-22(29-18)25(27)28)14-6-13-24-20-15-17(23)9-11-21(20)30-19-7-4-3-5-8-19;/h3-5,7-12,15,24H,6,13-14,16H2,1-2H3;1H/q+1;. The van der Waals surface area contributed by atoms with Gasteiger partial charge in [0, 0.05) is 33.5 Å². The third-order valence-electron chi connectivity index (χ3n) is 4.58. The fourth-order valence-corrected chi connectivity index (χ4v) is 4.22. The Bertz CT molecular complexity index is 999. The van der Waals surface area contributed by atoms with Crippen molar-refractivity contribution in [2.24, 2.45) is 0 Å². The zero-order chi connectivity index (χ0) is 21.6. The van der Waals surface area contributed by atoms with E-state index in [1.807, 2.05) is 36.4 Å². The molecule has 2 aromatic carbocycles. The fraction of sp³-hybridized carbons (Fsp3) is 0.273. The van der Waals surface area contributed by atoms with Gasteiger partial charge in [-0.05, 0) is 36.4 Å². The Hall–Kier alpha value is -2.00. The minimum Gasteiger partial charge on any atom is -0.400 e. The second kappa shape index (κ2) is 11.6. The molecule has 0 spiro atoms. The van der Waals surface area contributed by atoms with Gasteiger partial charge in [0.05, 0.1) is 26.7 Å². The molecule has 3 aromatic rings. The summed E-state index contributed by atoms with van der Waals surface area (Å²) >= 11 is 7.91. The summed E-state index contributed by atoms with van der Waals surface area (Å²) in [5.74, 6) is 0.409. The Kier molecular flexibility index (Phi) is 9.43. The Morgan fingerprint density at radius 2 is 1.87 bits per heavy atom. The topological polar surface area (TPSA) is 68.3 Å². The van der Waals surface area contributed by atoms with Crippen LogP contribution in [0.15, 0.2) is 74.9 Å². The predicted molar refractivity (Wildman–Crippen MR) is 131 cm³/mol. The van der Waals surface area contributed by atoms with Crippen LogP contribution in [-0.4, -0.2) is 36.6 Å². The van der Waals surface area contributed by atoms with Gasteiger partial charge in [-0.2, -0.15) is 0 Å². The lowest BCUT2D eigenvalue weighted by Crippen LogP contribution is -2.40. The Morgan fingerprint density at radius 3 is 2.55 bits per heavy atom. The number of benzene rings is 2. The van der Waals surface area contributed by atoms with Crippen molar-refractivity contribution >= 4 is 51.9 Å². The molecule has 0 fully saturated rings. The van der Waals surface area contributed by atoms with Crippen molar-refractivity contribution in [3.05, 3.63) is 81.6 Å². The van der Waals surface area contributed by atoms with Gasteiger partial charge in [0.15, 0.2) is 5.76 Å². The summed E-state index contributed by atoms with van der Waals surface area (Å²) in [5, 5.41) is 15.0. The second-order valence-corrected chi connectivity index (χ2v) is 9.20. The van der Waals surface area contributed by atoms with Crippen LogP contribution in [0.1, 0.15) is 12.2 Å². The van der Waals surface area contributed by atoms with Crippen LogP contribution < -0.4 is 5.32 Å². The van der Waals surface area contributed by atoms with Crippen LogP contribution in [0.25, 0.3) is 0 Å². The van der Waals surface area contributed by atoms with Crippen molar-refractivity contribution in [3.63, 3.8) is 0 Å². The molecule has 0 bridgehead atoms. The summed E-state index contributed by atoms with van der Waals surface area (Å²) in [5.41, 5.74) is 1.02. The van der Waals surface area contributed by atoms with E-state index >= 15 is 0 Å². The van der Waals surface area contributed by atoms with Crippen molar-refractivity contribution in [3.8, 4) is 0 Å². The number of hydrogen-bond donors (Lipinski definition) is 1. The van der Waals surface area contributed by atoms with E-state index in [1.54, 1.807) is 17.8 Å². The number of hydrogen-bond acceptors (Lipinski definition) is 5. The van der Waals surface area contributed by atoms with Crippen molar-refractivity contribution < 1.29 is 13.8 Å². The van der Waals surface area contributed by atoms with Gasteiger partial charge >= 0.3 is 5.88 Å². The lowest BCUT2D eigenvalue weighted by molar-refractivity contribution is -0.904. The summed E-state index contributed by atoms with van der Waals surface area (Å²) in [6.07, 6.45) is 0.928. The summed E-state index contributed by atoms with van der Waals surface area (Å²) in [6, 6.07) is 19.2. The molecular weight excluding hydrogens is 502 g/mol. The SMILES string of the molecule is Br.C[N+](C)(CCCNc1cc(Cl)ccc1Sc1ccccc1)Cc1ccc([N+](=O)[O-])o1. The van der Waals surface area contributed by atoms with E-state index in [1.165, 1.54) is 11.0 Å². The third-order valence-corrected chi connectivity index (χ3v) is 5.90. The summed E-state index contributed by atoms with van der Waals surface area (Å²) < 4.78 is 5.97. The highest BCUT2D eigenvalue weighted by Gasteiger charge is 2.20. The second-order valence-electron chi connectivity index (χ2n) is 7.65. The number of nitro groups is 1. The molecule has 9 heteroatoms. The zero-order valence-electron chi connectivity index (χ0n) is 17.4. The molecule has 1 heterocycles. The number of nitrogens with one attached hydrogen (secondary N) is 1. The minimum atomic E-state index is -0.510. The van der Waals surface area contributed by atoms with Gasteiger partial charge in [-0.3, -0.25) is 10.1 Å². The number of rotatable bonds is 10. The maximum absolute atomic E-state index is 10.8. The molecule has 0 aliphatic rings. The largest absolute Gasteiger partial charge is 0.433 e. The number of quaternary nitrogens is 1. The van der Waals surface area contributed by atoms with E-state index in [0.717, 1.165) is 30.1 Å². The highest BCUT2D eigenvalue weighted by Crippen LogP contribution is 2.35. The van der Waals surface area contributed by atoms with E-state index in [0.29, 0.717) is 21.8 Å². The van der Waals surface area contributed by atoms with E-state index < -0.39 is 4.92 Å². The van der Waals surface area contributed by atoms with Crippen molar-refractivity contribution in [1.82, 2.24) is 0 Å². The van der Waals surface area contributed by atoms with Gasteiger partial charge in [-0.25, -0.2) is 0 Å². The molecular formula is C22H26BrClN3O3S+. The van der Waals surface area contributed by atoms with Crippen LogP contribution >= 0.6 is 40.3 Å². The summed E-state index contributed by atoms with van der Waals surface area (Å²) in [4.78, 5) is 12.6. The molecule has 0 unspecified atom stereocenters. The first-order valence-electron chi connectivity index (χ1n) is 9.64. The van der Waals surface area contributed by atoms with Crippen LogP contribution in [0.3, 0.4) is 0 Å². The Labute approximate surface area is 202 Å². The molecule has 0 saturated carbocycles. The molecule has 0 aliphatic heterocycles. The smallest absolute Gasteiger partial charge is 0.400 e. The molecule has 31 heavy (non-hydrogen) atoms. The number of anilines is 1. The summed E-state index contributed by atoms with van der Waals surface area (Å²) in [7, 11) is 4.18. The average Bonchev–Trinajstić information content (AvgIpc) is 3.16. The van der Waals surface area contributed by atoms with Gasteiger partial charge in [-0.15, -0.1) is 17.0 Å². The van der Waals surface area contributed by atoms with E-state index in [9.17, 15) is 10.1 Å². The van der Waals surface area contributed by atoms with Gasteiger partial charge in [0.25, 0.3) is 0 Å². The number of nitrogens with zero attached hydrogens (tertiary/aromatic N) is 2. The minimum absolute atomic E-state index is 0. The highest BCUT2D eigenvalue weighted by molar-refractivity contribution is 8.93. The molecule has 0 radical (unpaired) electrons. The zero-order valence-corrected chi connectivity index (χ0v) is 20.7. The predicted octanol–water partition coefficient (Wildman–Crippen LogP) is 6.65. The molecule has 0 atom stereocenters. The third kappa shape index (κ3) is 7.88. The first-order valence-corrected chi connectivity index (χ1v) is 10.8. The normalized spacial score (nSPS) is 11.1. The monoisotopic (exact) mass is 526 g/mol. The first kappa shape index (κ1) is 25.3. The Balaban J connectivity index is 0.00000341. The van der Waals surface area contributed by atoms with Crippen LogP contribution in [0.2, 0.25) is 5.02 Å². The number of furan rings is 1. The van der Waals surface area contributed by atoms with Crippen LogP contribution in [0, 0.1) is 10.1 Å². The van der Waals surface area contributed by atoms with Crippen LogP contribution in [-0.2, 0) is 6.54 Å². The molecule has 166 valence electrons. The maximum Gasteiger partial charge on any atom is 0.433 e. The lowest BCUT2D eigenvalue weighted by Gasteiger charge is -2.28. The molecule has 0 amide bonds. The lowest BCUT2D eigenvalue weighted by atomic mass is 10.3. The van der Waals surface area contributed by atoms with Gasteiger partial charge in [-0.1, -0.05) is 41.6 Å². The molecule has 6 nitrogen and oxygen atoms in total. The fourth-order valence-electron chi connectivity index (χ4n) is 3.13. The van der Waals surface area contributed by atoms with Crippen molar-refractivity contribution in [1.29, 1.82) is 0 Å². The van der Waals surface area contributed by atoms with Gasteiger partial charge in [0.1, 0.15) is 11.5 Å². The average molecular weight is 528 g/mol. The van der Waals surface area contributed by atoms with Gasteiger partial charge < -0.3 is 14.2 Å². The summed E-state index contributed by atoms with van der Waals surface area (Å²) in [6.45, 7) is 2.28. The van der Waals surface area contributed by atoms with E-state index in [-0.39, 0.29) is 22.9 Å². The van der Waals surface area contributed by atoms with Crippen molar-refractivity contribution in [2.45, 2.75) is 22.8 Å². The van der Waals surface area contributed by atoms with Crippen LogP contribution in [0.5, 0.6) is 0 Å². The molecule has 1 aromatic heterocycles.